The fraction of sp³-hybridized carbons (Fsp3) is 0.406. The van der Waals surface area contributed by atoms with E-state index in [0.29, 0.717) is 11.1 Å². The monoisotopic (exact) mass is 546 g/mol. The van der Waals surface area contributed by atoms with Crippen molar-refractivity contribution in [3.63, 3.8) is 0 Å². The Bertz CT molecular complexity index is 1550. The molecule has 8 nitrogen and oxygen atoms in total. The standard InChI is InChI=1S/C32H34O8/c1-14(2)23-25(35)21(16(4)33)27(37)32(40)28(38)24-26(36)22-19(15(3)30(24,5)29(39)31(23,32)6)12-18(13-20(22)34)17-10-8-7-9-11-17/h7-15,23,29,34,36-37,39-40H,1-6H3/t15-,23?,29-,30+,31+,32+/m1/s1. The average molecular weight is 547 g/mol. The Morgan fingerprint density at radius 2 is 1.57 bits per heavy atom. The second kappa shape index (κ2) is 8.62. The number of aliphatic hydroxyl groups excluding tert-OH is 3. The maximum atomic E-state index is 14.4. The zero-order chi connectivity index (χ0) is 29.7. The molecule has 3 aliphatic carbocycles. The van der Waals surface area contributed by atoms with Gasteiger partial charge >= 0.3 is 0 Å². The van der Waals surface area contributed by atoms with Gasteiger partial charge in [0.15, 0.2) is 17.2 Å². The second-order valence-corrected chi connectivity index (χ2v) is 12.1. The molecule has 0 aliphatic heterocycles. The minimum absolute atomic E-state index is 0.0186. The van der Waals surface area contributed by atoms with E-state index in [9.17, 15) is 39.9 Å². The minimum atomic E-state index is -2.89. The van der Waals surface area contributed by atoms with Crippen LogP contribution < -0.4 is 0 Å². The molecule has 210 valence electrons. The predicted molar refractivity (Wildman–Crippen MR) is 147 cm³/mol. The van der Waals surface area contributed by atoms with E-state index < -0.39 is 74.7 Å². The first-order valence-electron chi connectivity index (χ1n) is 13.4. The Hall–Kier alpha value is -3.75. The van der Waals surface area contributed by atoms with E-state index in [4.69, 9.17) is 0 Å². The number of allylic oxidation sites excluding steroid dienone is 1. The molecule has 0 amide bonds. The third-order valence-electron chi connectivity index (χ3n) is 9.88. The summed E-state index contributed by atoms with van der Waals surface area (Å²) in [6.07, 6.45) is -1.66. The van der Waals surface area contributed by atoms with Gasteiger partial charge in [-0.1, -0.05) is 65.0 Å². The number of benzene rings is 2. The van der Waals surface area contributed by atoms with E-state index in [0.717, 1.165) is 12.5 Å². The van der Waals surface area contributed by atoms with Gasteiger partial charge in [-0.2, -0.15) is 0 Å². The number of carbonyl (C=O) groups excluding carboxylic acids is 3. The lowest BCUT2D eigenvalue weighted by Gasteiger charge is -2.63. The SMILES string of the molecule is CC(=O)C1=C(O)[C@]2(O)C(=O)C3=C(O)c4c(O)cc(-c5ccccc5)cc4[C@@H](C)[C@]3(C)[C@@H](O)[C@]2(C)C(C(C)C)C1=O. The Morgan fingerprint density at radius 1 is 0.975 bits per heavy atom. The van der Waals surface area contributed by atoms with Gasteiger partial charge in [-0.25, -0.2) is 0 Å². The van der Waals surface area contributed by atoms with Crippen LogP contribution in [0.2, 0.25) is 0 Å². The molecule has 40 heavy (non-hydrogen) atoms. The van der Waals surface area contributed by atoms with Crippen LogP contribution in [-0.4, -0.2) is 54.6 Å². The lowest BCUT2D eigenvalue weighted by Crippen LogP contribution is -2.75. The van der Waals surface area contributed by atoms with Gasteiger partial charge in [0.25, 0.3) is 0 Å². The molecule has 0 radical (unpaired) electrons. The van der Waals surface area contributed by atoms with Crippen molar-refractivity contribution in [3.8, 4) is 16.9 Å². The van der Waals surface area contributed by atoms with Crippen LogP contribution in [0.25, 0.3) is 16.9 Å². The number of hydrogen-bond acceptors (Lipinski definition) is 8. The average Bonchev–Trinajstić information content (AvgIpc) is 2.89. The first-order chi connectivity index (χ1) is 18.6. The van der Waals surface area contributed by atoms with Crippen molar-refractivity contribution in [1.29, 1.82) is 0 Å². The molecular formula is C32H34O8. The number of phenols is 1. The molecule has 5 N–H and O–H groups in total. The van der Waals surface area contributed by atoms with E-state index in [-0.39, 0.29) is 16.9 Å². The van der Waals surface area contributed by atoms with Crippen LogP contribution in [-0.2, 0) is 14.4 Å². The molecule has 2 aromatic rings. The van der Waals surface area contributed by atoms with Crippen molar-refractivity contribution in [2.24, 2.45) is 22.7 Å². The zero-order valence-corrected chi connectivity index (χ0v) is 23.3. The molecule has 0 bridgehead atoms. The molecule has 0 aromatic heterocycles. The van der Waals surface area contributed by atoms with Gasteiger partial charge in [-0.05, 0) is 47.6 Å². The predicted octanol–water partition coefficient (Wildman–Crippen LogP) is 4.39. The second-order valence-electron chi connectivity index (χ2n) is 12.1. The number of carbonyl (C=O) groups is 3. The summed E-state index contributed by atoms with van der Waals surface area (Å²) < 4.78 is 0. The zero-order valence-electron chi connectivity index (χ0n) is 23.3. The maximum absolute atomic E-state index is 14.4. The molecule has 0 heterocycles. The van der Waals surface area contributed by atoms with Crippen molar-refractivity contribution in [2.75, 3.05) is 0 Å². The molecule has 1 fully saturated rings. The lowest BCUT2D eigenvalue weighted by atomic mass is 9.40. The van der Waals surface area contributed by atoms with E-state index in [1.165, 1.54) is 13.0 Å². The van der Waals surface area contributed by atoms with Crippen molar-refractivity contribution in [2.45, 2.75) is 59.2 Å². The van der Waals surface area contributed by atoms with Crippen LogP contribution in [0.3, 0.4) is 0 Å². The molecule has 0 saturated heterocycles. The van der Waals surface area contributed by atoms with Crippen molar-refractivity contribution in [3.05, 3.63) is 70.5 Å². The van der Waals surface area contributed by atoms with Gasteiger partial charge in [0, 0.05) is 16.7 Å². The van der Waals surface area contributed by atoms with Gasteiger partial charge in [-0.3, -0.25) is 14.4 Å². The molecule has 3 aliphatic rings. The summed E-state index contributed by atoms with van der Waals surface area (Å²) in [5.74, 6) is -7.24. The van der Waals surface area contributed by atoms with Crippen LogP contribution in [0.5, 0.6) is 5.75 Å². The van der Waals surface area contributed by atoms with Gasteiger partial charge in [0.05, 0.1) is 17.2 Å². The highest BCUT2D eigenvalue weighted by Gasteiger charge is 2.77. The van der Waals surface area contributed by atoms with Gasteiger partial charge in [0.1, 0.15) is 22.8 Å². The number of hydrogen-bond donors (Lipinski definition) is 5. The van der Waals surface area contributed by atoms with Gasteiger partial charge in [0.2, 0.25) is 5.78 Å². The normalized spacial score (nSPS) is 33.6. The smallest absolute Gasteiger partial charge is 0.203 e. The quantitative estimate of drug-likeness (QED) is 0.356. The fourth-order valence-corrected chi connectivity index (χ4v) is 7.76. The third kappa shape index (κ3) is 3.06. The number of Topliss-reactive ketones (excluding diaryl/α,β-unsaturated/α-hetero) is 3. The molecule has 1 saturated carbocycles. The van der Waals surface area contributed by atoms with Gasteiger partial charge < -0.3 is 25.5 Å². The summed E-state index contributed by atoms with van der Waals surface area (Å²) in [5.41, 5.74) is -5.58. The molecular weight excluding hydrogens is 512 g/mol. The molecule has 6 atom stereocenters. The van der Waals surface area contributed by atoms with Crippen molar-refractivity contribution < 1.29 is 39.9 Å². The summed E-state index contributed by atoms with van der Waals surface area (Å²) in [5, 5.41) is 58.4. The Morgan fingerprint density at radius 3 is 2.12 bits per heavy atom. The summed E-state index contributed by atoms with van der Waals surface area (Å²) in [7, 11) is 0. The van der Waals surface area contributed by atoms with E-state index >= 15 is 0 Å². The van der Waals surface area contributed by atoms with Crippen molar-refractivity contribution >= 4 is 23.1 Å². The highest BCUT2D eigenvalue weighted by atomic mass is 16.4. The first-order valence-corrected chi connectivity index (χ1v) is 13.4. The van der Waals surface area contributed by atoms with Crippen LogP contribution in [0, 0.1) is 22.7 Å². The number of aliphatic hydroxyl groups is 4. The minimum Gasteiger partial charge on any atom is -0.508 e. The molecule has 1 unspecified atom stereocenters. The summed E-state index contributed by atoms with van der Waals surface area (Å²) in [6.45, 7) is 9.12. The number of ketones is 3. The Labute approximate surface area is 232 Å². The third-order valence-corrected chi connectivity index (χ3v) is 9.88. The van der Waals surface area contributed by atoms with E-state index in [2.05, 4.69) is 0 Å². The number of phenolic OH excluding ortho intramolecular Hbond substituents is 1. The largest absolute Gasteiger partial charge is 0.508 e. The van der Waals surface area contributed by atoms with E-state index in [1.807, 2.05) is 30.3 Å². The van der Waals surface area contributed by atoms with E-state index in [1.54, 1.807) is 33.8 Å². The van der Waals surface area contributed by atoms with Gasteiger partial charge in [-0.15, -0.1) is 0 Å². The number of fused-ring (bicyclic) bond motifs is 3. The van der Waals surface area contributed by atoms with Crippen LogP contribution >= 0.6 is 0 Å². The van der Waals surface area contributed by atoms with Crippen molar-refractivity contribution in [1.82, 2.24) is 0 Å². The number of aromatic hydroxyl groups is 1. The summed E-state index contributed by atoms with van der Waals surface area (Å²) >= 11 is 0. The van der Waals surface area contributed by atoms with Crippen LogP contribution in [0.4, 0.5) is 0 Å². The summed E-state index contributed by atoms with van der Waals surface area (Å²) in [4.78, 5) is 40.6. The highest BCUT2D eigenvalue weighted by Crippen LogP contribution is 2.67. The lowest BCUT2D eigenvalue weighted by molar-refractivity contribution is -0.215. The molecule has 5 rings (SSSR count). The Balaban J connectivity index is 1.87. The maximum Gasteiger partial charge on any atom is 0.203 e. The first kappa shape index (κ1) is 27.8. The Kier molecular flexibility index (Phi) is 5.99. The molecule has 2 aromatic carbocycles. The topological polar surface area (TPSA) is 152 Å². The fourth-order valence-electron chi connectivity index (χ4n) is 7.76. The summed E-state index contributed by atoms with van der Waals surface area (Å²) in [6, 6.07) is 12.5. The number of rotatable bonds is 3. The highest BCUT2D eigenvalue weighted by molar-refractivity contribution is 6.24. The van der Waals surface area contributed by atoms with Crippen LogP contribution in [0.15, 0.2) is 59.4 Å². The molecule has 8 heteroatoms. The molecule has 0 spiro atoms. The van der Waals surface area contributed by atoms with Crippen LogP contribution in [0.1, 0.15) is 58.6 Å².